The number of hydrogen-bond donors (Lipinski definition) is 1. The van der Waals surface area contributed by atoms with Crippen LogP contribution in [0, 0.1) is 16.3 Å². The van der Waals surface area contributed by atoms with Gasteiger partial charge < -0.3 is 5.73 Å². The largest absolute Gasteiger partial charge is 0.383 e. The monoisotopic (exact) mass is 365 g/mol. The van der Waals surface area contributed by atoms with Crippen LogP contribution >= 0.6 is 34.2 Å². The molecule has 0 radical (unpaired) electrons. The van der Waals surface area contributed by atoms with Crippen molar-refractivity contribution >= 4 is 40.0 Å². The molecule has 0 aliphatic carbocycles. The summed E-state index contributed by atoms with van der Waals surface area (Å²) in [6.07, 6.45) is 0. The van der Waals surface area contributed by atoms with Gasteiger partial charge in [-0.05, 0) is 53.3 Å². The molecule has 0 aliphatic heterocycles. The molecule has 3 nitrogen and oxygen atoms in total. The smallest absolute Gasteiger partial charge is 0.135 e. The van der Waals surface area contributed by atoms with E-state index in [1.807, 2.05) is 6.92 Å². The quantitative estimate of drug-likeness (QED) is 0.831. The molecule has 0 spiro atoms. The van der Waals surface area contributed by atoms with Gasteiger partial charge in [0.05, 0.1) is 15.8 Å². The van der Waals surface area contributed by atoms with E-state index in [2.05, 4.69) is 27.7 Å². The summed E-state index contributed by atoms with van der Waals surface area (Å²) < 4.78 is 15.7. The van der Waals surface area contributed by atoms with Crippen molar-refractivity contribution in [1.29, 1.82) is 0 Å². The molecule has 6 heteroatoms. The van der Waals surface area contributed by atoms with Gasteiger partial charge in [0.2, 0.25) is 0 Å². The van der Waals surface area contributed by atoms with Gasteiger partial charge in [-0.1, -0.05) is 11.6 Å². The molecule has 0 saturated heterocycles. The molecule has 2 aromatic rings. The van der Waals surface area contributed by atoms with Crippen LogP contribution in [0.2, 0.25) is 5.02 Å². The number of nitrogen functional groups attached to an aromatic ring is 1. The third-order valence-corrected chi connectivity index (χ3v) is 3.90. The third-order valence-electron chi connectivity index (χ3n) is 2.35. The second kappa shape index (κ2) is 4.81. The summed E-state index contributed by atoms with van der Waals surface area (Å²) in [5.74, 6) is 0.230. The van der Waals surface area contributed by atoms with Gasteiger partial charge in [-0.25, -0.2) is 9.07 Å². The molecule has 0 bridgehead atoms. The van der Waals surface area contributed by atoms with E-state index in [0.717, 1.165) is 14.8 Å². The van der Waals surface area contributed by atoms with Crippen LogP contribution in [0.3, 0.4) is 0 Å². The number of halogens is 3. The Morgan fingerprint density at radius 2 is 2.18 bits per heavy atom. The first-order valence-corrected chi connectivity index (χ1v) is 6.36. The molecule has 0 saturated carbocycles. The molecule has 0 amide bonds. The topological polar surface area (TPSA) is 43.8 Å². The average Bonchev–Trinajstić information content (AvgIpc) is 2.45. The minimum atomic E-state index is -0.357. The SMILES string of the molecule is Cc1nn(Cc2cc(F)cc(Cl)c2)c(N)c1I. The van der Waals surface area contributed by atoms with Crippen LogP contribution in [-0.4, -0.2) is 9.78 Å². The predicted molar refractivity (Wildman–Crippen MR) is 74.6 cm³/mol. The molecule has 0 aliphatic rings. The summed E-state index contributed by atoms with van der Waals surface area (Å²) in [6, 6.07) is 4.40. The Bertz CT molecular complexity index is 548. The Morgan fingerprint density at radius 1 is 1.47 bits per heavy atom. The standard InChI is InChI=1S/C11H10ClFIN3/c1-6-10(14)11(15)17(16-6)5-7-2-8(12)4-9(13)3-7/h2-4H,5,15H2,1H3. The van der Waals surface area contributed by atoms with Crippen molar-refractivity contribution in [3.8, 4) is 0 Å². The second-order valence-electron chi connectivity index (χ2n) is 3.72. The Labute approximate surface area is 117 Å². The Morgan fingerprint density at radius 3 is 2.71 bits per heavy atom. The highest BCUT2D eigenvalue weighted by Crippen LogP contribution is 2.21. The Kier molecular flexibility index (Phi) is 3.58. The molecule has 90 valence electrons. The van der Waals surface area contributed by atoms with Gasteiger partial charge in [-0.15, -0.1) is 0 Å². The Hall–Kier alpha value is -0.820. The number of rotatable bonds is 2. The van der Waals surface area contributed by atoms with E-state index in [1.165, 1.54) is 12.1 Å². The van der Waals surface area contributed by atoms with Crippen molar-refractivity contribution in [3.05, 3.63) is 43.9 Å². The summed E-state index contributed by atoms with van der Waals surface area (Å²) in [6.45, 7) is 2.29. The lowest BCUT2D eigenvalue weighted by molar-refractivity contribution is 0.620. The lowest BCUT2D eigenvalue weighted by Gasteiger charge is -2.05. The third kappa shape index (κ3) is 2.71. The second-order valence-corrected chi connectivity index (χ2v) is 5.24. The van der Waals surface area contributed by atoms with Crippen LogP contribution in [0.25, 0.3) is 0 Å². The minimum Gasteiger partial charge on any atom is -0.383 e. The molecule has 0 unspecified atom stereocenters. The highest BCUT2D eigenvalue weighted by molar-refractivity contribution is 14.1. The predicted octanol–water partition coefficient (Wildman–Crippen LogP) is 3.22. The van der Waals surface area contributed by atoms with E-state index in [9.17, 15) is 4.39 Å². The molecule has 17 heavy (non-hydrogen) atoms. The summed E-state index contributed by atoms with van der Waals surface area (Å²) in [5.41, 5.74) is 7.50. The van der Waals surface area contributed by atoms with E-state index in [0.29, 0.717) is 17.4 Å². The molecular formula is C11H10ClFIN3. The summed E-state index contributed by atoms with van der Waals surface area (Å²) >= 11 is 7.93. The number of anilines is 1. The van der Waals surface area contributed by atoms with E-state index < -0.39 is 0 Å². The lowest BCUT2D eigenvalue weighted by Crippen LogP contribution is -2.06. The molecule has 2 N–H and O–H groups in total. The minimum absolute atomic E-state index is 0.357. The van der Waals surface area contributed by atoms with Crippen LogP contribution in [0.15, 0.2) is 18.2 Å². The van der Waals surface area contributed by atoms with Gasteiger partial charge in [0, 0.05) is 5.02 Å². The highest BCUT2D eigenvalue weighted by Gasteiger charge is 2.10. The van der Waals surface area contributed by atoms with E-state index in [1.54, 1.807) is 10.7 Å². The van der Waals surface area contributed by atoms with Gasteiger partial charge in [0.1, 0.15) is 11.6 Å². The number of nitrogens with zero attached hydrogens (tertiary/aromatic N) is 2. The maximum atomic E-state index is 13.2. The summed E-state index contributed by atoms with van der Waals surface area (Å²) in [4.78, 5) is 0. The maximum absolute atomic E-state index is 13.2. The van der Waals surface area contributed by atoms with Gasteiger partial charge in [-0.3, -0.25) is 0 Å². The number of aryl methyl sites for hydroxylation is 1. The zero-order chi connectivity index (χ0) is 12.6. The van der Waals surface area contributed by atoms with Crippen LogP contribution in [0.1, 0.15) is 11.3 Å². The fourth-order valence-corrected chi connectivity index (χ4v) is 2.20. The van der Waals surface area contributed by atoms with Crippen LogP contribution in [0.5, 0.6) is 0 Å². The molecule has 0 atom stereocenters. The van der Waals surface area contributed by atoms with E-state index in [4.69, 9.17) is 17.3 Å². The average molecular weight is 366 g/mol. The number of benzene rings is 1. The first kappa shape index (κ1) is 12.6. The molecular weight excluding hydrogens is 355 g/mol. The first-order valence-electron chi connectivity index (χ1n) is 4.90. The van der Waals surface area contributed by atoms with Crippen LogP contribution in [-0.2, 0) is 6.54 Å². The molecule has 1 heterocycles. The lowest BCUT2D eigenvalue weighted by atomic mass is 10.2. The number of aromatic nitrogens is 2. The molecule has 2 rings (SSSR count). The van der Waals surface area contributed by atoms with Crippen LogP contribution < -0.4 is 5.73 Å². The normalized spacial score (nSPS) is 10.8. The first-order chi connectivity index (χ1) is 7.97. The van der Waals surface area contributed by atoms with Gasteiger partial charge in [-0.2, -0.15) is 5.10 Å². The molecule has 1 aromatic heterocycles. The van der Waals surface area contributed by atoms with Crippen molar-refractivity contribution in [2.75, 3.05) is 5.73 Å². The van der Waals surface area contributed by atoms with Crippen LogP contribution in [0.4, 0.5) is 10.2 Å². The fourth-order valence-electron chi connectivity index (χ4n) is 1.57. The number of nitrogens with two attached hydrogens (primary N) is 1. The van der Waals surface area contributed by atoms with Crippen molar-refractivity contribution < 1.29 is 4.39 Å². The van der Waals surface area contributed by atoms with Gasteiger partial charge in [0.25, 0.3) is 0 Å². The zero-order valence-corrected chi connectivity index (χ0v) is 12.0. The zero-order valence-electron chi connectivity index (χ0n) is 9.04. The fraction of sp³-hybridized carbons (Fsp3) is 0.182. The van der Waals surface area contributed by atoms with Gasteiger partial charge in [0.15, 0.2) is 0 Å². The maximum Gasteiger partial charge on any atom is 0.135 e. The van der Waals surface area contributed by atoms with E-state index >= 15 is 0 Å². The summed E-state index contributed by atoms with van der Waals surface area (Å²) in [5, 5.41) is 4.66. The summed E-state index contributed by atoms with van der Waals surface area (Å²) in [7, 11) is 0. The molecule has 0 fully saturated rings. The Balaban J connectivity index is 2.34. The van der Waals surface area contributed by atoms with E-state index in [-0.39, 0.29) is 5.82 Å². The van der Waals surface area contributed by atoms with Crippen molar-refractivity contribution in [3.63, 3.8) is 0 Å². The van der Waals surface area contributed by atoms with Crippen molar-refractivity contribution in [2.45, 2.75) is 13.5 Å². The molecule has 1 aromatic carbocycles. The van der Waals surface area contributed by atoms with Crippen molar-refractivity contribution in [2.24, 2.45) is 0 Å². The number of hydrogen-bond acceptors (Lipinski definition) is 2. The highest BCUT2D eigenvalue weighted by atomic mass is 127. The van der Waals surface area contributed by atoms with Gasteiger partial charge >= 0.3 is 0 Å². The van der Waals surface area contributed by atoms with Crippen molar-refractivity contribution in [1.82, 2.24) is 9.78 Å².